The van der Waals surface area contributed by atoms with Gasteiger partial charge in [0.25, 0.3) is 6.71 Å². The lowest BCUT2D eigenvalue weighted by Gasteiger charge is -2.51. The fraction of sp³-hybridized carbons (Fsp3) is 0.208. The van der Waals surface area contributed by atoms with Gasteiger partial charge in [-0.1, -0.05) is 145 Å². The van der Waals surface area contributed by atoms with Crippen molar-refractivity contribution in [2.45, 2.75) is 71.6 Å². The highest BCUT2D eigenvalue weighted by molar-refractivity contribution is 7.01. The maximum atomic E-state index is 2.56. The number of rotatable bonds is 4. The highest BCUT2D eigenvalue weighted by Gasteiger charge is 2.52. The van der Waals surface area contributed by atoms with Gasteiger partial charge in [-0.05, 0) is 134 Å². The minimum absolute atomic E-state index is 0.0729. The summed E-state index contributed by atoms with van der Waals surface area (Å²) in [7, 11) is 0. The largest absolute Gasteiger partial charge is 0.311 e. The lowest BCUT2D eigenvalue weighted by atomic mass is 9.28. The van der Waals surface area contributed by atoms with Gasteiger partial charge in [-0.25, -0.2) is 0 Å². The van der Waals surface area contributed by atoms with Crippen molar-refractivity contribution in [2.24, 2.45) is 0 Å². The second-order valence-electron chi connectivity index (χ2n) is 18.5. The Morgan fingerprint density at radius 2 is 0.875 bits per heavy atom. The Morgan fingerprint density at radius 1 is 0.446 bits per heavy atom. The molecule has 3 heterocycles. The average Bonchev–Trinajstić information content (AvgIpc) is 3.19. The van der Waals surface area contributed by atoms with Crippen LogP contribution in [-0.2, 0) is 16.2 Å². The summed E-state index contributed by atoms with van der Waals surface area (Å²) in [6.45, 7) is 18.5. The van der Waals surface area contributed by atoms with E-state index in [1.54, 1.807) is 0 Å². The molecule has 0 aliphatic carbocycles. The molecule has 3 aliphatic heterocycles. The molecule has 7 aromatic carbocycles. The summed E-state index contributed by atoms with van der Waals surface area (Å²) in [6.07, 6.45) is 0. The lowest BCUT2D eigenvalue weighted by molar-refractivity contribution is 0.590. The predicted octanol–water partition coefficient (Wildman–Crippen LogP) is 12.0. The van der Waals surface area contributed by atoms with Crippen LogP contribution in [0.4, 0.5) is 34.1 Å². The first-order valence-electron chi connectivity index (χ1n) is 20.2. The molecule has 0 aromatic heterocycles. The Morgan fingerprint density at radius 3 is 1.34 bits per heavy atom. The average molecular weight is 725 g/mol. The van der Waals surface area contributed by atoms with E-state index in [0.29, 0.717) is 0 Å². The van der Waals surface area contributed by atoms with Gasteiger partial charge in [0.2, 0.25) is 0 Å². The maximum absolute atomic E-state index is 2.56. The van der Waals surface area contributed by atoms with Gasteiger partial charge in [0.05, 0.1) is 0 Å². The van der Waals surface area contributed by atoms with Gasteiger partial charge >= 0.3 is 0 Å². The van der Waals surface area contributed by atoms with Gasteiger partial charge in [0.1, 0.15) is 0 Å². The Labute approximate surface area is 333 Å². The molecule has 0 amide bonds. The zero-order valence-electron chi connectivity index (χ0n) is 33.9. The third kappa shape index (κ3) is 5.03. The molecule has 10 rings (SSSR count). The molecule has 2 nitrogen and oxygen atoms in total. The van der Waals surface area contributed by atoms with E-state index in [4.69, 9.17) is 0 Å². The molecule has 1 unspecified atom stereocenters. The van der Waals surface area contributed by atoms with E-state index in [1.807, 2.05) is 0 Å². The molecule has 3 heteroatoms. The van der Waals surface area contributed by atoms with Crippen LogP contribution in [0.1, 0.15) is 81.8 Å². The van der Waals surface area contributed by atoms with Crippen molar-refractivity contribution in [1.29, 1.82) is 0 Å². The lowest BCUT2D eigenvalue weighted by Crippen LogP contribution is -2.67. The molecule has 0 spiro atoms. The number of hydrogen-bond acceptors (Lipinski definition) is 2. The molecule has 0 fully saturated rings. The fourth-order valence-corrected chi connectivity index (χ4v) is 9.95. The molecule has 0 N–H and O–H groups in total. The predicted molar refractivity (Wildman–Crippen MR) is 240 cm³/mol. The Balaban J connectivity index is 1.23. The number of hydrogen-bond donors (Lipinski definition) is 0. The van der Waals surface area contributed by atoms with E-state index in [2.05, 4.69) is 217 Å². The summed E-state index contributed by atoms with van der Waals surface area (Å²) < 4.78 is 0. The van der Waals surface area contributed by atoms with Gasteiger partial charge < -0.3 is 9.80 Å². The number of aryl methyl sites for hydroxylation is 1. The van der Waals surface area contributed by atoms with E-state index < -0.39 is 0 Å². The van der Waals surface area contributed by atoms with Gasteiger partial charge in [-0.15, -0.1) is 0 Å². The summed E-state index contributed by atoms with van der Waals surface area (Å²) >= 11 is 0. The van der Waals surface area contributed by atoms with Crippen LogP contribution < -0.4 is 26.2 Å². The van der Waals surface area contributed by atoms with Crippen LogP contribution in [0.25, 0.3) is 11.1 Å². The van der Waals surface area contributed by atoms with Crippen molar-refractivity contribution in [1.82, 2.24) is 0 Å². The molecule has 0 bridgehead atoms. The Hall–Kier alpha value is -5.80. The second-order valence-corrected chi connectivity index (χ2v) is 18.5. The Bertz CT molecular complexity index is 2660. The highest BCUT2D eigenvalue weighted by atomic mass is 15.2. The van der Waals surface area contributed by atoms with Crippen molar-refractivity contribution in [3.8, 4) is 11.1 Å². The normalized spacial score (nSPS) is 16.5. The molecule has 7 aromatic rings. The SMILES string of the molecule is Cc1cc2c3c(c1)N(c1ccc(C(C)(C)C)cc1)c1cccc4c1B3c1c(cccc1C4(C)c1ccccc1)N2c1ccc(-c2ccc(C(C)(C)C)cc2)cc1. The van der Waals surface area contributed by atoms with Crippen molar-refractivity contribution in [3.05, 3.63) is 185 Å². The van der Waals surface area contributed by atoms with Crippen LogP contribution >= 0.6 is 0 Å². The van der Waals surface area contributed by atoms with Crippen LogP contribution in [0.2, 0.25) is 0 Å². The van der Waals surface area contributed by atoms with Crippen LogP contribution in [0.3, 0.4) is 0 Å². The molecular weight excluding hydrogens is 675 g/mol. The van der Waals surface area contributed by atoms with Crippen LogP contribution in [0.15, 0.2) is 152 Å². The summed E-state index contributed by atoms with van der Waals surface area (Å²) in [5.41, 5.74) is 22.0. The summed E-state index contributed by atoms with van der Waals surface area (Å²) in [5, 5.41) is 0. The van der Waals surface area contributed by atoms with Crippen molar-refractivity contribution in [3.63, 3.8) is 0 Å². The summed E-state index contributed by atoms with van der Waals surface area (Å²) in [4.78, 5) is 5.11. The number of nitrogens with zero attached hydrogens (tertiary/aromatic N) is 2. The van der Waals surface area contributed by atoms with Gasteiger partial charge in [0.15, 0.2) is 0 Å². The minimum Gasteiger partial charge on any atom is -0.311 e. The molecule has 0 saturated carbocycles. The number of anilines is 6. The van der Waals surface area contributed by atoms with Crippen molar-refractivity contribution < 1.29 is 0 Å². The molecule has 274 valence electrons. The zero-order valence-corrected chi connectivity index (χ0v) is 33.9. The van der Waals surface area contributed by atoms with Crippen molar-refractivity contribution in [2.75, 3.05) is 9.80 Å². The van der Waals surface area contributed by atoms with E-state index in [9.17, 15) is 0 Å². The van der Waals surface area contributed by atoms with Gasteiger partial charge in [-0.2, -0.15) is 0 Å². The molecule has 0 saturated heterocycles. The van der Waals surface area contributed by atoms with Crippen LogP contribution in [-0.4, -0.2) is 6.71 Å². The standard InChI is InChI=1S/C53H49BN2/c1-34-32-46-50-47(33-34)56(41-30-26-38(27-31-41)52(5,6)7)45-19-13-17-43-49(45)54(50)48-42(53(43,8)39-14-10-9-11-15-39)16-12-18-44(48)55(46)40-28-22-36(23-29-40)35-20-24-37(25-21-35)51(2,3)4/h9-33H,1-8H3. The third-order valence-electron chi connectivity index (χ3n) is 12.9. The van der Waals surface area contributed by atoms with E-state index >= 15 is 0 Å². The quantitative estimate of drug-likeness (QED) is 0.167. The minimum atomic E-state index is -0.356. The van der Waals surface area contributed by atoms with Crippen LogP contribution in [0.5, 0.6) is 0 Å². The smallest absolute Gasteiger partial charge is 0.252 e. The maximum Gasteiger partial charge on any atom is 0.252 e. The first-order valence-corrected chi connectivity index (χ1v) is 20.2. The molecule has 3 aliphatic rings. The molecule has 0 radical (unpaired) electrons. The summed E-state index contributed by atoms with van der Waals surface area (Å²) in [5.74, 6) is 0. The number of benzene rings is 7. The Kier molecular flexibility index (Phi) is 7.49. The first-order chi connectivity index (χ1) is 26.8. The van der Waals surface area contributed by atoms with E-state index in [0.717, 1.165) is 0 Å². The monoisotopic (exact) mass is 724 g/mol. The van der Waals surface area contributed by atoms with Gasteiger partial charge in [0, 0.05) is 39.5 Å². The highest BCUT2D eigenvalue weighted by Crippen LogP contribution is 2.51. The van der Waals surface area contributed by atoms with Crippen LogP contribution in [0, 0.1) is 6.92 Å². The molecule has 1 atom stereocenters. The molecule has 56 heavy (non-hydrogen) atoms. The van der Waals surface area contributed by atoms with Crippen molar-refractivity contribution >= 4 is 57.2 Å². The first kappa shape index (κ1) is 34.7. The summed E-state index contributed by atoms with van der Waals surface area (Å²) in [6, 6.07) is 57.8. The van der Waals surface area contributed by atoms with E-state index in [1.165, 1.54) is 95.0 Å². The topological polar surface area (TPSA) is 6.48 Å². The fourth-order valence-electron chi connectivity index (χ4n) is 9.95. The second kappa shape index (κ2) is 12.1. The zero-order chi connectivity index (χ0) is 38.7. The van der Waals surface area contributed by atoms with Gasteiger partial charge in [-0.3, -0.25) is 0 Å². The third-order valence-corrected chi connectivity index (χ3v) is 12.9. The van der Waals surface area contributed by atoms with E-state index in [-0.39, 0.29) is 23.0 Å². The molecular formula is C53H49BN2.